The van der Waals surface area contributed by atoms with Crippen molar-refractivity contribution in [1.29, 1.82) is 0 Å². The second-order valence-electron chi connectivity index (χ2n) is 10.8. The van der Waals surface area contributed by atoms with E-state index in [4.69, 9.17) is 4.74 Å². The lowest BCUT2D eigenvalue weighted by molar-refractivity contribution is -0.158. The first-order valence-corrected chi connectivity index (χ1v) is 13.8. The molecular weight excluding hydrogens is 446 g/mol. The third-order valence-electron chi connectivity index (χ3n) is 7.76. The van der Waals surface area contributed by atoms with Crippen LogP contribution in [0, 0.1) is 17.8 Å². The fourth-order valence-corrected chi connectivity index (χ4v) is 5.04. The average molecular weight is 494 g/mol. The highest BCUT2D eigenvalue weighted by Gasteiger charge is 2.35. The van der Waals surface area contributed by atoms with Crippen molar-refractivity contribution in [2.45, 2.75) is 129 Å². The Morgan fingerprint density at radius 3 is 2.23 bits per heavy atom. The van der Waals surface area contributed by atoms with Gasteiger partial charge in [-0.15, -0.1) is 0 Å². The first-order chi connectivity index (χ1) is 16.7. The Morgan fingerprint density at radius 1 is 0.914 bits per heavy atom. The maximum absolute atomic E-state index is 13.2. The Hall–Kier alpha value is -2.12. The molecule has 6 atom stereocenters. The molecule has 0 spiro atoms. The number of unbranched alkanes of at least 4 members (excludes halogenated alkanes) is 1. The predicted octanol–water partition coefficient (Wildman–Crippen LogP) is 3.62. The topological polar surface area (TPSA) is 114 Å². The van der Waals surface area contributed by atoms with Gasteiger partial charge < -0.3 is 20.7 Å². The molecule has 3 amide bonds. The molecule has 1 aliphatic carbocycles. The van der Waals surface area contributed by atoms with Gasteiger partial charge in [0.2, 0.25) is 17.7 Å². The van der Waals surface area contributed by atoms with Gasteiger partial charge in [0.25, 0.3) is 0 Å². The lowest BCUT2D eigenvalue weighted by atomic mass is 9.84. The second-order valence-corrected chi connectivity index (χ2v) is 10.8. The number of hydrogen-bond acceptors (Lipinski definition) is 5. The van der Waals surface area contributed by atoms with Crippen LogP contribution in [-0.4, -0.2) is 47.9 Å². The monoisotopic (exact) mass is 493 g/mol. The second kappa shape index (κ2) is 14.4. The van der Waals surface area contributed by atoms with Gasteiger partial charge in [0, 0.05) is 0 Å². The van der Waals surface area contributed by atoms with Gasteiger partial charge in [-0.25, -0.2) is 4.79 Å². The van der Waals surface area contributed by atoms with Crippen LogP contribution in [0.5, 0.6) is 0 Å². The zero-order valence-electron chi connectivity index (χ0n) is 22.4. The molecule has 0 aromatic heterocycles. The lowest BCUT2D eigenvalue weighted by Gasteiger charge is -2.29. The zero-order chi connectivity index (χ0) is 26.0. The highest BCUT2D eigenvalue weighted by atomic mass is 16.5. The molecule has 8 heteroatoms. The average Bonchev–Trinajstić information content (AvgIpc) is 2.84. The fourth-order valence-electron chi connectivity index (χ4n) is 5.04. The van der Waals surface area contributed by atoms with E-state index in [9.17, 15) is 19.2 Å². The summed E-state index contributed by atoms with van der Waals surface area (Å²) in [6.07, 6.45) is 8.96. The van der Waals surface area contributed by atoms with Crippen molar-refractivity contribution in [3.8, 4) is 0 Å². The maximum atomic E-state index is 13.2. The summed E-state index contributed by atoms with van der Waals surface area (Å²) in [5.74, 6) is -1.41. The van der Waals surface area contributed by atoms with Crippen LogP contribution in [0.2, 0.25) is 0 Å². The van der Waals surface area contributed by atoms with E-state index in [2.05, 4.69) is 22.9 Å². The Labute approximate surface area is 211 Å². The van der Waals surface area contributed by atoms with Crippen LogP contribution in [-0.2, 0) is 23.9 Å². The number of nitrogens with one attached hydrogen (secondary N) is 3. The highest BCUT2D eigenvalue weighted by molar-refractivity contribution is 5.93. The normalized spacial score (nSPS) is 29.4. The van der Waals surface area contributed by atoms with E-state index in [0.29, 0.717) is 18.8 Å². The first kappa shape index (κ1) is 29.1. The summed E-state index contributed by atoms with van der Waals surface area (Å²) in [5, 5.41) is 8.48. The van der Waals surface area contributed by atoms with Crippen molar-refractivity contribution in [3.05, 3.63) is 0 Å². The Kier molecular flexibility index (Phi) is 12.0. The molecule has 0 aromatic carbocycles. The van der Waals surface area contributed by atoms with Crippen LogP contribution in [0.15, 0.2) is 0 Å². The van der Waals surface area contributed by atoms with Crippen molar-refractivity contribution in [1.82, 2.24) is 16.0 Å². The minimum Gasteiger partial charge on any atom is -0.460 e. The zero-order valence-corrected chi connectivity index (χ0v) is 22.4. The number of amides is 3. The number of rotatable bonds is 8. The summed E-state index contributed by atoms with van der Waals surface area (Å²) in [7, 11) is 0. The van der Waals surface area contributed by atoms with Crippen molar-refractivity contribution in [3.63, 3.8) is 0 Å². The minimum atomic E-state index is -0.840. The van der Waals surface area contributed by atoms with E-state index < -0.39 is 36.1 Å². The van der Waals surface area contributed by atoms with E-state index in [1.807, 2.05) is 20.8 Å². The number of carbonyl (C=O) groups excluding carboxylic acids is 4. The quantitative estimate of drug-likeness (QED) is 0.447. The third kappa shape index (κ3) is 9.12. The van der Waals surface area contributed by atoms with Crippen LogP contribution in [0.4, 0.5) is 0 Å². The number of carbonyl (C=O) groups is 4. The predicted molar refractivity (Wildman–Crippen MR) is 135 cm³/mol. The van der Waals surface area contributed by atoms with Crippen LogP contribution >= 0.6 is 0 Å². The Balaban J connectivity index is 2.31. The molecule has 1 saturated heterocycles. The molecule has 35 heavy (non-hydrogen) atoms. The smallest absolute Gasteiger partial charge is 0.329 e. The van der Waals surface area contributed by atoms with E-state index in [1.165, 1.54) is 6.42 Å². The molecule has 0 radical (unpaired) electrons. The standard InChI is InChI=1S/C27H47N3O5/c1-6-8-12-18(4)22-16-23(31)29-21(15-20-13-10-9-11-14-20)26(33)28-19(5)25(32)30-24(17(3)7-2)27(34)35-22/h17-22,24H,6-16H2,1-5H3,(H,28,33)(H,29,31)(H,30,32). The Morgan fingerprint density at radius 2 is 1.60 bits per heavy atom. The number of ether oxygens (including phenoxy) is 1. The summed E-state index contributed by atoms with van der Waals surface area (Å²) in [6, 6.07) is -2.39. The molecule has 1 saturated carbocycles. The maximum Gasteiger partial charge on any atom is 0.329 e. The number of hydrogen-bond donors (Lipinski definition) is 3. The molecule has 1 aliphatic heterocycles. The van der Waals surface area contributed by atoms with Gasteiger partial charge in [0.05, 0.1) is 6.42 Å². The van der Waals surface area contributed by atoms with Crippen LogP contribution in [0.1, 0.15) is 105 Å². The Bertz CT molecular complexity index is 722. The van der Waals surface area contributed by atoms with Gasteiger partial charge in [-0.05, 0) is 37.5 Å². The van der Waals surface area contributed by atoms with Crippen LogP contribution in [0.3, 0.4) is 0 Å². The SMILES string of the molecule is CCCCC(C)C1CC(=O)NC(CC2CCCCC2)C(=O)NC(C)C(=O)NC(C(C)CC)C(=O)O1. The molecule has 2 rings (SSSR count). The van der Waals surface area contributed by atoms with Gasteiger partial charge in [-0.3, -0.25) is 14.4 Å². The third-order valence-corrected chi connectivity index (χ3v) is 7.76. The summed E-state index contributed by atoms with van der Waals surface area (Å²) in [6.45, 7) is 9.52. The van der Waals surface area contributed by atoms with Gasteiger partial charge >= 0.3 is 5.97 Å². The largest absolute Gasteiger partial charge is 0.460 e. The number of cyclic esters (lactones) is 1. The van der Waals surface area contributed by atoms with E-state index in [1.54, 1.807) is 6.92 Å². The fraction of sp³-hybridized carbons (Fsp3) is 0.852. The molecule has 2 fully saturated rings. The van der Waals surface area contributed by atoms with Crippen molar-refractivity contribution < 1.29 is 23.9 Å². The van der Waals surface area contributed by atoms with E-state index in [0.717, 1.165) is 44.9 Å². The molecule has 200 valence electrons. The molecule has 0 bridgehead atoms. The van der Waals surface area contributed by atoms with Gasteiger partial charge in [0.1, 0.15) is 24.2 Å². The van der Waals surface area contributed by atoms with Gasteiger partial charge in [-0.1, -0.05) is 79.1 Å². The molecular formula is C27H47N3O5. The summed E-state index contributed by atoms with van der Waals surface area (Å²) < 4.78 is 5.90. The highest BCUT2D eigenvalue weighted by Crippen LogP contribution is 2.28. The van der Waals surface area contributed by atoms with Crippen molar-refractivity contribution in [2.75, 3.05) is 0 Å². The summed E-state index contributed by atoms with van der Waals surface area (Å²) in [5.41, 5.74) is 0. The van der Waals surface area contributed by atoms with Crippen LogP contribution in [0.25, 0.3) is 0 Å². The molecule has 0 aromatic rings. The summed E-state index contributed by atoms with van der Waals surface area (Å²) in [4.78, 5) is 52.4. The van der Waals surface area contributed by atoms with E-state index >= 15 is 0 Å². The lowest BCUT2D eigenvalue weighted by Crippen LogP contribution is -2.55. The minimum absolute atomic E-state index is 0.00178. The molecule has 6 unspecified atom stereocenters. The van der Waals surface area contributed by atoms with Crippen molar-refractivity contribution in [2.24, 2.45) is 17.8 Å². The van der Waals surface area contributed by atoms with Crippen LogP contribution < -0.4 is 16.0 Å². The molecule has 8 nitrogen and oxygen atoms in total. The molecule has 2 aliphatic rings. The summed E-state index contributed by atoms with van der Waals surface area (Å²) >= 11 is 0. The number of esters is 1. The molecule has 1 heterocycles. The van der Waals surface area contributed by atoms with Crippen molar-refractivity contribution >= 4 is 23.7 Å². The molecule has 3 N–H and O–H groups in total. The van der Waals surface area contributed by atoms with E-state index in [-0.39, 0.29) is 30.1 Å². The van der Waals surface area contributed by atoms with Gasteiger partial charge in [-0.2, -0.15) is 0 Å². The first-order valence-electron chi connectivity index (χ1n) is 13.8. The van der Waals surface area contributed by atoms with Gasteiger partial charge in [0.15, 0.2) is 0 Å².